The number of thiazole rings is 1. The van der Waals surface area contributed by atoms with Gasteiger partial charge in [0.15, 0.2) is 0 Å². The normalized spacial score (nSPS) is 17.9. The molecule has 1 atom stereocenters. The maximum atomic E-state index is 12.4. The van der Waals surface area contributed by atoms with Gasteiger partial charge in [-0.3, -0.25) is 4.79 Å². The van der Waals surface area contributed by atoms with Crippen molar-refractivity contribution in [3.05, 3.63) is 41.4 Å². The molecule has 0 aliphatic carbocycles. The topological polar surface area (TPSA) is 70.5 Å². The summed E-state index contributed by atoms with van der Waals surface area (Å²) < 4.78 is 0. The number of carbonyl (C=O) groups excluding carboxylic acids is 1. The molecule has 0 spiro atoms. The molecule has 1 aliphatic rings. The summed E-state index contributed by atoms with van der Waals surface area (Å²) in [7, 11) is 0. The number of carboxylic acids is 1. The SMILES string of the molecule is O=C(O)[C@@H]1CCCN1C(=O)c1csc(-c2ccccc2)n1. The number of nitrogens with zero attached hydrogens (tertiary/aromatic N) is 2. The highest BCUT2D eigenvalue weighted by molar-refractivity contribution is 7.13. The van der Waals surface area contributed by atoms with Crippen LogP contribution in [0.2, 0.25) is 0 Å². The third-order valence-electron chi connectivity index (χ3n) is 3.54. The molecule has 2 heterocycles. The second-order valence-corrected chi connectivity index (χ2v) is 5.76. The van der Waals surface area contributed by atoms with E-state index in [9.17, 15) is 9.59 Å². The van der Waals surface area contributed by atoms with Gasteiger partial charge >= 0.3 is 5.97 Å². The van der Waals surface area contributed by atoms with Crippen LogP contribution in [-0.2, 0) is 4.79 Å². The fourth-order valence-corrected chi connectivity index (χ4v) is 3.30. The Morgan fingerprint density at radius 3 is 2.76 bits per heavy atom. The minimum atomic E-state index is -0.945. The summed E-state index contributed by atoms with van der Waals surface area (Å²) in [6.45, 7) is 0.480. The van der Waals surface area contributed by atoms with E-state index in [2.05, 4.69) is 4.98 Å². The molecule has 5 nitrogen and oxygen atoms in total. The molecule has 2 aromatic rings. The smallest absolute Gasteiger partial charge is 0.326 e. The predicted octanol–water partition coefficient (Wildman–Crippen LogP) is 2.50. The van der Waals surface area contributed by atoms with Crippen LogP contribution in [0.3, 0.4) is 0 Å². The molecule has 1 fully saturated rings. The van der Waals surface area contributed by atoms with Crippen molar-refractivity contribution in [2.24, 2.45) is 0 Å². The molecule has 108 valence electrons. The van der Waals surface area contributed by atoms with E-state index in [1.54, 1.807) is 5.38 Å². The second-order valence-electron chi connectivity index (χ2n) is 4.90. The first-order valence-corrected chi connectivity index (χ1v) is 7.59. The van der Waals surface area contributed by atoms with Gasteiger partial charge < -0.3 is 10.0 Å². The van der Waals surface area contributed by atoms with Crippen LogP contribution in [0.15, 0.2) is 35.7 Å². The van der Waals surface area contributed by atoms with Gasteiger partial charge in [0.1, 0.15) is 16.7 Å². The first kappa shape index (κ1) is 13.8. The van der Waals surface area contributed by atoms with E-state index in [4.69, 9.17) is 5.11 Å². The number of aliphatic carboxylic acids is 1. The third kappa shape index (κ3) is 2.67. The van der Waals surface area contributed by atoms with Gasteiger partial charge in [-0.15, -0.1) is 11.3 Å². The zero-order valence-electron chi connectivity index (χ0n) is 11.2. The average Bonchev–Trinajstić information content (AvgIpc) is 3.17. The van der Waals surface area contributed by atoms with Gasteiger partial charge in [0.05, 0.1) is 0 Å². The molecule has 1 aliphatic heterocycles. The number of benzene rings is 1. The maximum Gasteiger partial charge on any atom is 0.326 e. The summed E-state index contributed by atoms with van der Waals surface area (Å²) in [4.78, 5) is 29.3. The largest absolute Gasteiger partial charge is 0.480 e. The molecule has 6 heteroatoms. The number of carboxylic acid groups (broad SMARTS) is 1. The predicted molar refractivity (Wildman–Crippen MR) is 79.2 cm³/mol. The van der Waals surface area contributed by atoms with Crippen LogP contribution in [0.4, 0.5) is 0 Å². The van der Waals surface area contributed by atoms with Gasteiger partial charge in [0.2, 0.25) is 0 Å². The molecular formula is C15H14N2O3S. The Balaban J connectivity index is 1.83. The van der Waals surface area contributed by atoms with Crippen LogP contribution < -0.4 is 0 Å². The standard InChI is InChI=1S/C15H14N2O3S/c18-14(17-8-4-7-12(17)15(19)20)11-9-21-13(16-11)10-5-2-1-3-6-10/h1-3,5-6,9,12H,4,7-8H2,(H,19,20)/t12-/m0/s1. The molecule has 1 N–H and O–H groups in total. The molecule has 3 rings (SSSR count). The molecule has 1 saturated heterocycles. The van der Waals surface area contributed by atoms with Crippen LogP contribution in [-0.4, -0.2) is 39.5 Å². The van der Waals surface area contributed by atoms with Gasteiger partial charge in [0.25, 0.3) is 5.91 Å². The summed E-state index contributed by atoms with van der Waals surface area (Å²) in [5.74, 6) is -1.24. The summed E-state index contributed by atoms with van der Waals surface area (Å²) in [5.41, 5.74) is 1.28. The van der Waals surface area contributed by atoms with Crippen LogP contribution in [0.1, 0.15) is 23.3 Å². The lowest BCUT2D eigenvalue weighted by atomic mass is 10.2. The summed E-state index contributed by atoms with van der Waals surface area (Å²) in [6, 6.07) is 8.90. The van der Waals surface area contributed by atoms with Gasteiger partial charge in [-0.1, -0.05) is 30.3 Å². The van der Waals surface area contributed by atoms with Crippen LogP contribution >= 0.6 is 11.3 Å². The molecule has 1 aromatic carbocycles. The third-order valence-corrected chi connectivity index (χ3v) is 4.43. The van der Waals surface area contributed by atoms with E-state index < -0.39 is 12.0 Å². The van der Waals surface area contributed by atoms with Crippen molar-refractivity contribution in [3.8, 4) is 10.6 Å². The Hall–Kier alpha value is -2.21. The lowest BCUT2D eigenvalue weighted by Gasteiger charge is -2.20. The highest BCUT2D eigenvalue weighted by Crippen LogP contribution is 2.26. The molecular weight excluding hydrogens is 288 g/mol. The molecule has 0 unspecified atom stereocenters. The number of hydrogen-bond acceptors (Lipinski definition) is 4. The number of likely N-dealkylation sites (tertiary alicyclic amines) is 1. The first-order chi connectivity index (χ1) is 10.2. The number of hydrogen-bond donors (Lipinski definition) is 1. The van der Waals surface area contributed by atoms with Crippen molar-refractivity contribution in [2.75, 3.05) is 6.54 Å². The van der Waals surface area contributed by atoms with Crippen LogP contribution in [0.5, 0.6) is 0 Å². The fraction of sp³-hybridized carbons (Fsp3) is 0.267. The summed E-state index contributed by atoms with van der Waals surface area (Å²) >= 11 is 1.39. The first-order valence-electron chi connectivity index (χ1n) is 6.71. The van der Waals surface area contributed by atoms with Gasteiger partial charge in [-0.2, -0.15) is 0 Å². The quantitative estimate of drug-likeness (QED) is 0.945. The van der Waals surface area contributed by atoms with Gasteiger partial charge in [0, 0.05) is 17.5 Å². The molecule has 21 heavy (non-hydrogen) atoms. The molecule has 0 radical (unpaired) electrons. The molecule has 0 saturated carbocycles. The Kier molecular flexibility index (Phi) is 3.70. The Labute approximate surface area is 125 Å². The highest BCUT2D eigenvalue weighted by Gasteiger charge is 2.35. The van der Waals surface area contributed by atoms with Crippen molar-refractivity contribution in [3.63, 3.8) is 0 Å². The minimum Gasteiger partial charge on any atom is -0.480 e. The lowest BCUT2D eigenvalue weighted by molar-refractivity contribution is -0.141. The van der Waals surface area contributed by atoms with E-state index in [1.807, 2.05) is 30.3 Å². The number of amides is 1. The summed E-state index contributed by atoms with van der Waals surface area (Å²) in [6.07, 6.45) is 1.23. The Morgan fingerprint density at radius 1 is 1.29 bits per heavy atom. The molecule has 1 aromatic heterocycles. The Bertz CT molecular complexity index is 669. The van der Waals surface area contributed by atoms with Gasteiger partial charge in [-0.25, -0.2) is 9.78 Å². The number of aromatic nitrogens is 1. The molecule has 1 amide bonds. The maximum absolute atomic E-state index is 12.4. The fourth-order valence-electron chi connectivity index (χ4n) is 2.50. The van der Waals surface area contributed by atoms with E-state index >= 15 is 0 Å². The van der Waals surface area contributed by atoms with E-state index in [0.717, 1.165) is 17.0 Å². The average molecular weight is 302 g/mol. The lowest BCUT2D eigenvalue weighted by Crippen LogP contribution is -2.40. The zero-order valence-corrected chi connectivity index (χ0v) is 12.0. The number of carbonyl (C=O) groups is 2. The molecule has 0 bridgehead atoms. The van der Waals surface area contributed by atoms with Crippen molar-refractivity contribution >= 4 is 23.2 Å². The minimum absolute atomic E-state index is 0.293. The van der Waals surface area contributed by atoms with Crippen LogP contribution in [0.25, 0.3) is 10.6 Å². The monoisotopic (exact) mass is 302 g/mol. The van der Waals surface area contributed by atoms with E-state index in [1.165, 1.54) is 16.2 Å². The van der Waals surface area contributed by atoms with Gasteiger partial charge in [-0.05, 0) is 12.8 Å². The van der Waals surface area contributed by atoms with Crippen LogP contribution in [0, 0.1) is 0 Å². The Morgan fingerprint density at radius 2 is 2.05 bits per heavy atom. The van der Waals surface area contributed by atoms with Crippen molar-refractivity contribution in [2.45, 2.75) is 18.9 Å². The summed E-state index contributed by atoms with van der Waals surface area (Å²) in [5, 5.41) is 11.6. The number of rotatable bonds is 3. The van der Waals surface area contributed by atoms with E-state index in [-0.39, 0.29) is 5.91 Å². The zero-order chi connectivity index (χ0) is 14.8. The highest BCUT2D eigenvalue weighted by atomic mass is 32.1. The van der Waals surface area contributed by atoms with Crippen molar-refractivity contribution in [1.82, 2.24) is 9.88 Å². The van der Waals surface area contributed by atoms with Crippen molar-refractivity contribution < 1.29 is 14.7 Å². The second kappa shape index (κ2) is 5.65. The van der Waals surface area contributed by atoms with E-state index in [0.29, 0.717) is 18.7 Å². The van der Waals surface area contributed by atoms with Crippen molar-refractivity contribution in [1.29, 1.82) is 0 Å².